The SMILES string of the molecule is CC(NC(=O)CN1CCOCC1)C(=O)NCC(=O)NC(Cc1ccccc1)C(=O)C1(C)CO1.COc1ccc(C)cc1. The molecule has 11 nitrogen and oxygen atoms in total. The quantitative estimate of drug-likeness (QED) is 0.316. The zero-order chi connectivity index (χ0) is 30.5. The number of hydrogen-bond donors (Lipinski definition) is 3. The number of carbonyl (C=O) groups is 4. The van der Waals surface area contributed by atoms with Crippen LogP contribution in [0, 0.1) is 6.92 Å². The first-order valence-electron chi connectivity index (χ1n) is 14.1. The van der Waals surface area contributed by atoms with E-state index in [0.29, 0.717) is 39.3 Å². The number of nitrogens with one attached hydrogen (secondary N) is 3. The highest BCUT2D eigenvalue weighted by atomic mass is 16.6. The van der Waals surface area contributed by atoms with Gasteiger partial charge in [0, 0.05) is 13.1 Å². The van der Waals surface area contributed by atoms with Crippen LogP contribution >= 0.6 is 0 Å². The van der Waals surface area contributed by atoms with Crippen molar-refractivity contribution in [2.45, 2.75) is 44.9 Å². The van der Waals surface area contributed by atoms with Crippen LogP contribution < -0.4 is 20.7 Å². The smallest absolute Gasteiger partial charge is 0.242 e. The monoisotopic (exact) mass is 582 g/mol. The number of amides is 3. The molecule has 2 aromatic rings. The van der Waals surface area contributed by atoms with Crippen LogP contribution in [0.25, 0.3) is 0 Å². The Morgan fingerprint density at radius 1 is 0.976 bits per heavy atom. The number of Topliss-reactive ketones (excluding diaryl/α,β-unsaturated/α-hetero) is 1. The van der Waals surface area contributed by atoms with Gasteiger partial charge in [0.1, 0.15) is 17.4 Å². The Morgan fingerprint density at radius 3 is 2.21 bits per heavy atom. The zero-order valence-electron chi connectivity index (χ0n) is 24.8. The van der Waals surface area contributed by atoms with Crippen molar-refractivity contribution >= 4 is 23.5 Å². The van der Waals surface area contributed by atoms with Gasteiger partial charge < -0.3 is 30.2 Å². The molecule has 0 bridgehead atoms. The van der Waals surface area contributed by atoms with Crippen molar-refractivity contribution in [3.63, 3.8) is 0 Å². The second kappa shape index (κ2) is 16.0. The van der Waals surface area contributed by atoms with Crippen molar-refractivity contribution in [1.29, 1.82) is 0 Å². The molecule has 0 radical (unpaired) electrons. The number of methoxy groups -OCH3 is 1. The maximum atomic E-state index is 12.8. The van der Waals surface area contributed by atoms with Gasteiger partial charge in [0.25, 0.3) is 0 Å². The number of nitrogens with zero attached hydrogens (tertiary/aromatic N) is 1. The Balaban J connectivity index is 0.000000458. The zero-order valence-corrected chi connectivity index (χ0v) is 24.8. The lowest BCUT2D eigenvalue weighted by Gasteiger charge is -2.26. The summed E-state index contributed by atoms with van der Waals surface area (Å²) in [5.74, 6) is -0.525. The highest BCUT2D eigenvalue weighted by molar-refractivity contribution is 5.97. The lowest BCUT2D eigenvalue weighted by molar-refractivity contribution is -0.132. The molecule has 2 aromatic carbocycles. The van der Waals surface area contributed by atoms with Gasteiger partial charge in [-0.1, -0.05) is 48.0 Å². The Labute approximate surface area is 247 Å². The fourth-order valence-electron chi connectivity index (χ4n) is 4.23. The van der Waals surface area contributed by atoms with Crippen LogP contribution in [0.2, 0.25) is 0 Å². The molecule has 0 aromatic heterocycles. The van der Waals surface area contributed by atoms with E-state index >= 15 is 0 Å². The average molecular weight is 583 g/mol. The first kappa shape index (κ1) is 32.7. The summed E-state index contributed by atoms with van der Waals surface area (Å²) in [6.07, 6.45) is 0.326. The standard InChI is InChI=1S/C23H32N4O6.C8H10O/c1-16(25-20(29)14-27-8-10-32-11-9-27)22(31)24-13-19(28)26-18(21(30)23(2)15-33-23)12-17-6-4-3-5-7-17;1-7-3-5-8(9-2)6-4-7/h3-7,16,18H,8-15H2,1-2H3,(H,24,31)(H,25,29)(H,26,28);3-6H,1-2H3. The van der Waals surface area contributed by atoms with Gasteiger partial charge in [0.2, 0.25) is 17.7 Å². The minimum atomic E-state index is -0.880. The molecule has 228 valence electrons. The number of aryl methyl sites for hydroxylation is 1. The number of ether oxygens (including phenoxy) is 3. The predicted molar refractivity (Wildman–Crippen MR) is 157 cm³/mol. The molecule has 2 aliphatic rings. The first-order valence-corrected chi connectivity index (χ1v) is 14.1. The molecule has 3 N–H and O–H groups in total. The van der Waals surface area contributed by atoms with Crippen LogP contribution in [0.15, 0.2) is 54.6 Å². The second-order valence-electron chi connectivity index (χ2n) is 10.6. The van der Waals surface area contributed by atoms with Gasteiger partial charge >= 0.3 is 0 Å². The number of morpholine rings is 1. The van der Waals surface area contributed by atoms with Gasteiger partial charge in [0.15, 0.2) is 5.78 Å². The second-order valence-corrected chi connectivity index (χ2v) is 10.6. The fourth-order valence-corrected chi connectivity index (χ4v) is 4.23. The van der Waals surface area contributed by atoms with Gasteiger partial charge in [-0.3, -0.25) is 24.1 Å². The van der Waals surface area contributed by atoms with Crippen LogP contribution in [0.4, 0.5) is 0 Å². The van der Waals surface area contributed by atoms with E-state index in [1.54, 1.807) is 21.0 Å². The van der Waals surface area contributed by atoms with Crippen molar-refractivity contribution < 1.29 is 33.4 Å². The van der Waals surface area contributed by atoms with E-state index in [0.717, 1.165) is 11.3 Å². The minimum Gasteiger partial charge on any atom is -0.497 e. The lowest BCUT2D eigenvalue weighted by Crippen LogP contribution is -2.53. The Bertz CT molecular complexity index is 1180. The largest absolute Gasteiger partial charge is 0.497 e. The van der Waals surface area contributed by atoms with Crippen molar-refractivity contribution in [3.05, 3.63) is 65.7 Å². The van der Waals surface area contributed by atoms with Crippen molar-refractivity contribution in [1.82, 2.24) is 20.9 Å². The third-order valence-electron chi connectivity index (χ3n) is 6.95. The van der Waals surface area contributed by atoms with Gasteiger partial charge in [0.05, 0.1) is 46.1 Å². The van der Waals surface area contributed by atoms with Crippen molar-refractivity contribution in [2.75, 3.05) is 53.1 Å². The number of epoxide rings is 1. The van der Waals surface area contributed by atoms with Gasteiger partial charge in [-0.05, 0) is 44.9 Å². The van der Waals surface area contributed by atoms with E-state index in [-0.39, 0.29) is 24.8 Å². The molecule has 2 fully saturated rings. The van der Waals surface area contributed by atoms with Gasteiger partial charge in [-0.15, -0.1) is 0 Å². The van der Waals surface area contributed by atoms with E-state index in [1.807, 2.05) is 59.5 Å². The summed E-state index contributed by atoms with van der Waals surface area (Å²) in [4.78, 5) is 51.7. The molecule has 0 saturated carbocycles. The van der Waals surface area contributed by atoms with Crippen molar-refractivity contribution in [2.24, 2.45) is 0 Å². The fraction of sp³-hybridized carbons (Fsp3) is 0.484. The molecular formula is C31H42N4O7. The summed E-state index contributed by atoms with van der Waals surface area (Å²) in [5, 5.41) is 7.86. The van der Waals surface area contributed by atoms with Crippen LogP contribution in [-0.4, -0.2) is 99.2 Å². The minimum absolute atomic E-state index is 0.186. The summed E-state index contributed by atoms with van der Waals surface area (Å²) in [6, 6.07) is 15.8. The van der Waals surface area contributed by atoms with Crippen LogP contribution in [0.1, 0.15) is 25.0 Å². The van der Waals surface area contributed by atoms with E-state index in [1.165, 1.54) is 5.56 Å². The van der Waals surface area contributed by atoms with Crippen LogP contribution in [0.5, 0.6) is 5.75 Å². The van der Waals surface area contributed by atoms with Crippen molar-refractivity contribution in [3.8, 4) is 5.75 Å². The number of ketones is 1. The molecule has 0 spiro atoms. The van der Waals surface area contributed by atoms with E-state index in [9.17, 15) is 19.2 Å². The Hall–Kier alpha value is -3.80. The number of rotatable bonds is 12. The van der Waals surface area contributed by atoms with Crippen LogP contribution in [-0.2, 0) is 35.1 Å². The van der Waals surface area contributed by atoms with E-state index < -0.39 is 29.5 Å². The lowest BCUT2D eigenvalue weighted by atomic mass is 9.95. The predicted octanol–water partition coefficient (Wildman–Crippen LogP) is 1.03. The number of carbonyl (C=O) groups excluding carboxylic acids is 4. The molecule has 3 amide bonds. The van der Waals surface area contributed by atoms with E-state index in [2.05, 4.69) is 22.9 Å². The molecule has 4 rings (SSSR count). The van der Waals surface area contributed by atoms with Gasteiger partial charge in [-0.2, -0.15) is 0 Å². The molecule has 2 aliphatic heterocycles. The Morgan fingerprint density at radius 2 is 1.62 bits per heavy atom. The summed E-state index contributed by atoms with van der Waals surface area (Å²) < 4.78 is 15.5. The molecule has 11 heteroatoms. The summed E-state index contributed by atoms with van der Waals surface area (Å²) >= 11 is 0. The van der Waals surface area contributed by atoms with Gasteiger partial charge in [-0.25, -0.2) is 0 Å². The molecular weight excluding hydrogens is 540 g/mol. The third-order valence-corrected chi connectivity index (χ3v) is 6.95. The number of benzene rings is 2. The third kappa shape index (κ3) is 10.9. The maximum absolute atomic E-state index is 12.8. The summed E-state index contributed by atoms with van der Waals surface area (Å²) in [7, 11) is 1.67. The number of hydrogen-bond acceptors (Lipinski definition) is 8. The highest BCUT2D eigenvalue weighted by Gasteiger charge is 2.50. The Kier molecular flexibility index (Phi) is 12.5. The maximum Gasteiger partial charge on any atom is 0.242 e. The first-order chi connectivity index (χ1) is 20.1. The average Bonchev–Trinajstić information content (AvgIpc) is 3.75. The molecule has 3 atom stereocenters. The normalized spacial score (nSPS) is 19.2. The molecule has 42 heavy (non-hydrogen) atoms. The molecule has 0 aliphatic carbocycles. The molecule has 3 unspecified atom stereocenters. The summed E-state index contributed by atoms with van der Waals surface area (Å²) in [6.45, 7) is 8.01. The summed E-state index contributed by atoms with van der Waals surface area (Å²) in [5.41, 5.74) is 1.28. The van der Waals surface area contributed by atoms with Crippen LogP contribution in [0.3, 0.4) is 0 Å². The molecule has 2 heterocycles. The topological polar surface area (TPSA) is 139 Å². The molecule has 2 saturated heterocycles. The highest BCUT2D eigenvalue weighted by Crippen LogP contribution is 2.29. The van der Waals surface area contributed by atoms with E-state index in [4.69, 9.17) is 14.2 Å².